The van der Waals surface area contributed by atoms with Gasteiger partial charge in [-0.1, -0.05) is 25.4 Å². The number of nitrogens with one attached hydrogen (secondary N) is 1. The van der Waals surface area contributed by atoms with Crippen LogP contribution in [0.3, 0.4) is 0 Å². The molecule has 4 heterocycles. The summed E-state index contributed by atoms with van der Waals surface area (Å²) < 4.78 is 28.8. The van der Waals surface area contributed by atoms with Gasteiger partial charge in [0.1, 0.15) is 0 Å². The molecule has 4 aromatic heterocycles. The summed E-state index contributed by atoms with van der Waals surface area (Å²) in [6, 6.07) is 1.55. The molecule has 1 unspecified atom stereocenters. The summed E-state index contributed by atoms with van der Waals surface area (Å²) in [5.74, 6) is -2.92. The molecule has 5 rings (SSSR count). The Hall–Kier alpha value is -3.47. The summed E-state index contributed by atoms with van der Waals surface area (Å²) in [6.07, 6.45) is 6.26. The van der Waals surface area contributed by atoms with E-state index in [-0.39, 0.29) is 16.6 Å². The van der Waals surface area contributed by atoms with E-state index in [1.807, 2.05) is 13.8 Å². The fourth-order valence-corrected chi connectivity index (χ4v) is 4.27. The first kappa shape index (κ1) is 19.5. The van der Waals surface area contributed by atoms with Gasteiger partial charge in [0.2, 0.25) is 11.7 Å². The highest BCUT2D eigenvalue weighted by Crippen LogP contribution is 2.46. The predicted molar refractivity (Wildman–Crippen MR) is 106 cm³/mol. The number of aromatic nitrogens is 7. The molecule has 31 heavy (non-hydrogen) atoms. The van der Waals surface area contributed by atoms with Gasteiger partial charge in [0.15, 0.2) is 11.5 Å². The Morgan fingerprint density at radius 3 is 2.68 bits per heavy atom. The van der Waals surface area contributed by atoms with Gasteiger partial charge in [-0.05, 0) is 12.5 Å². The fraction of sp³-hybridized carbons (Fsp3) is 0.263. The lowest BCUT2D eigenvalue weighted by molar-refractivity contribution is -0.117. The van der Waals surface area contributed by atoms with E-state index in [0.29, 0.717) is 29.2 Å². The molecule has 0 fully saturated rings. The third-order valence-corrected chi connectivity index (χ3v) is 5.60. The Morgan fingerprint density at radius 2 is 1.97 bits per heavy atom. The molecule has 1 aliphatic rings. The van der Waals surface area contributed by atoms with Crippen LogP contribution in [0.15, 0.2) is 30.9 Å². The Morgan fingerprint density at radius 1 is 1.23 bits per heavy atom. The number of fused-ring (bicyclic) bond motifs is 3. The second-order valence-electron chi connectivity index (χ2n) is 7.88. The molecule has 4 aromatic rings. The quantitative estimate of drug-likeness (QED) is 0.521. The van der Waals surface area contributed by atoms with Crippen molar-refractivity contribution < 1.29 is 13.6 Å². The normalized spacial score (nSPS) is 17.1. The molecule has 0 radical (unpaired) electrons. The largest absolute Gasteiger partial charge is 0.324 e. The Kier molecular flexibility index (Phi) is 4.26. The highest BCUT2D eigenvalue weighted by Gasteiger charge is 2.43. The molecule has 0 aromatic carbocycles. The second kappa shape index (κ2) is 6.77. The van der Waals surface area contributed by atoms with Crippen LogP contribution in [0.25, 0.3) is 11.5 Å². The van der Waals surface area contributed by atoms with Crippen molar-refractivity contribution in [2.75, 3.05) is 5.32 Å². The number of hydrogen-bond donors (Lipinski definition) is 1. The van der Waals surface area contributed by atoms with Gasteiger partial charge in [-0.2, -0.15) is 19.0 Å². The molecule has 1 atom stereocenters. The average Bonchev–Trinajstić information content (AvgIpc) is 3.40. The van der Waals surface area contributed by atoms with Crippen molar-refractivity contribution in [3.8, 4) is 5.82 Å². The van der Waals surface area contributed by atoms with Crippen LogP contribution in [-0.2, 0) is 10.2 Å². The van der Waals surface area contributed by atoms with E-state index in [1.165, 1.54) is 29.6 Å². The van der Waals surface area contributed by atoms with Crippen molar-refractivity contribution in [2.45, 2.75) is 31.6 Å². The Labute approximate surface area is 179 Å². The maximum Gasteiger partial charge on any atom is 0.271 e. The van der Waals surface area contributed by atoms with Crippen LogP contribution in [-0.4, -0.2) is 40.5 Å². The number of hydrogen-bond acceptors (Lipinski definition) is 6. The zero-order chi connectivity index (χ0) is 21.9. The van der Waals surface area contributed by atoms with Gasteiger partial charge in [-0.3, -0.25) is 4.79 Å². The van der Waals surface area contributed by atoms with Crippen LogP contribution in [0, 0.1) is 11.8 Å². The summed E-state index contributed by atoms with van der Waals surface area (Å²) in [7, 11) is 0. The number of halogens is 3. The zero-order valence-electron chi connectivity index (χ0n) is 16.3. The third-order valence-electron chi connectivity index (χ3n) is 5.32. The minimum Gasteiger partial charge on any atom is -0.324 e. The number of amides is 1. The SMILES string of the molecule is CC1(C)CC(C(=O)Nc2cnc(-n3nccn3)c(Cl)c2)c2cnc3c(F)c(F)nn3c21. The van der Waals surface area contributed by atoms with Crippen molar-refractivity contribution in [2.24, 2.45) is 0 Å². The van der Waals surface area contributed by atoms with Crippen molar-refractivity contribution in [3.05, 3.63) is 58.9 Å². The predicted octanol–water partition coefficient (Wildman–Crippen LogP) is 3.04. The lowest BCUT2D eigenvalue weighted by atomic mass is 9.88. The van der Waals surface area contributed by atoms with Crippen molar-refractivity contribution in [1.29, 1.82) is 0 Å². The van der Waals surface area contributed by atoms with Crippen LogP contribution >= 0.6 is 11.6 Å². The maximum absolute atomic E-state index is 14.0. The highest BCUT2D eigenvalue weighted by molar-refractivity contribution is 6.32. The molecule has 0 saturated carbocycles. The van der Waals surface area contributed by atoms with Gasteiger partial charge < -0.3 is 5.32 Å². The van der Waals surface area contributed by atoms with E-state index in [1.54, 1.807) is 6.07 Å². The van der Waals surface area contributed by atoms with Gasteiger partial charge >= 0.3 is 0 Å². The molecule has 1 N–H and O–H groups in total. The smallest absolute Gasteiger partial charge is 0.271 e. The molecule has 0 bridgehead atoms. The van der Waals surface area contributed by atoms with E-state index in [4.69, 9.17) is 11.6 Å². The molecule has 0 aliphatic heterocycles. The highest BCUT2D eigenvalue weighted by atomic mass is 35.5. The molecule has 0 spiro atoms. The summed E-state index contributed by atoms with van der Waals surface area (Å²) in [5.41, 5.74) is 0.742. The standard InChI is InChI=1S/C19H15ClF2N8O/c1-19(2)6-10(11-8-24-17-13(21)15(22)28-29(17)14(11)19)18(31)27-9-5-12(20)16(23-7-9)30-25-3-4-26-30/h3-5,7-8,10H,6H2,1-2H3,(H,27,31). The topological polar surface area (TPSA) is 103 Å². The van der Waals surface area contributed by atoms with E-state index in [9.17, 15) is 13.6 Å². The summed E-state index contributed by atoms with van der Waals surface area (Å²) in [6.45, 7) is 3.78. The van der Waals surface area contributed by atoms with E-state index in [2.05, 4.69) is 30.6 Å². The van der Waals surface area contributed by atoms with Gasteiger partial charge in [0.05, 0.1) is 40.9 Å². The van der Waals surface area contributed by atoms with Crippen molar-refractivity contribution in [3.63, 3.8) is 0 Å². The average molecular weight is 445 g/mol. The first-order chi connectivity index (χ1) is 14.8. The number of rotatable bonds is 3. The minimum absolute atomic E-state index is 0.204. The number of carbonyl (C=O) groups is 1. The summed E-state index contributed by atoms with van der Waals surface area (Å²) in [5, 5.41) is 14.7. The van der Waals surface area contributed by atoms with Gasteiger partial charge in [-0.25, -0.2) is 14.5 Å². The number of carbonyl (C=O) groups excluding carboxylic acids is 1. The fourth-order valence-electron chi connectivity index (χ4n) is 4.03. The molecular weight excluding hydrogens is 430 g/mol. The van der Waals surface area contributed by atoms with Gasteiger partial charge in [0, 0.05) is 17.2 Å². The monoisotopic (exact) mass is 444 g/mol. The summed E-state index contributed by atoms with van der Waals surface area (Å²) in [4.78, 5) is 22.5. The van der Waals surface area contributed by atoms with Crippen LogP contribution in [0.1, 0.15) is 37.4 Å². The van der Waals surface area contributed by atoms with Crippen LogP contribution in [0.2, 0.25) is 5.02 Å². The first-order valence-electron chi connectivity index (χ1n) is 9.32. The molecule has 1 aliphatic carbocycles. The van der Waals surface area contributed by atoms with Crippen LogP contribution in [0.5, 0.6) is 0 Å². The molecule has 12 heteroatoms. The van der Waals surface area contributed by atoms with Crippen LogP contribution in [0.4, 0.5) is 14.5 Å². The minimum atomic E-state index is -1.22. The molecule has 0 saturated heterocycles. The zero-order valence-corrected chi connectivity index (χ0v) is 17.1. The number of anilines is 1. The summed E-state index contributed by atoms with van der Waals surface area (Å²) >= 11 is 6.27. The maximum atomic E-state index is 14.0. The third kappa shape index (κ3) is 3.03. The van der Waals surface area contributed by atoms with Gasteiger partial charge in [0.25, 0.3) is 5.95 Å². The van der Waals surface area contributed by atoms with E-state index < -0.39 is 23.1 Å². The van der Waals surface area contributed by atoms with E-state index >= 15 is 0 Å². The molecule has 1 amide bonds. The van der Waals surface area contributed by atoms with Crippen LogP contribution < -0.4 is 5.32 Å². The number of nitrogens with zero attached hydrogens (tertiary/aromatic N) is 7. The Bertz CT molecular complexity index is 1330. The lowest BCUT2D eigenvalue weighted by Gasteiger charge is -2.19. The van der Waals surface area contributed by atoms with Gasteiger partial charge in [-0.15, -0.1) is 9.90 Å². The van der Waals surface area contributed by atoms with E-state index in [0.717, 1.165) is 4.52 Å². The molecule has 9 nitrogen and oxygen atoms in total. The molecular formula is C19H15ClF2N8O. The second-order valence-corrected chi connectivity index (χ2v) is 8.29. The van der Waals surface area contributed by atoms with Crippen molar-refractivity contribution in [1.82, 2.24) is 34.6 Å². The first-order valence-corrected chi connectivity index (χ1v) is 9.70. The van der Waals surface area contributed by atoms with Crippen molar-refractivity contribution >= 4 is 28.8 Å². The lowest BCUT2D eigenvalue weighted by Crippen LogP contribution is -2.21. The molecule has 158 valence electrons. The number of pyridine rings is 1. The Balaban J connectivity index is 1.47.